The Hall–Kier alpha value is -4.36. The Morgan fingerprint density at radius 3 is 1.38 bits per heavy atom. The lowest BCUT2D eigenvalue weighted by molar-refractivity contribution is 1.27. The third-order valence-corrected chi connectivity index (χ3v) is 13.2. The predicted molar refractivity (Wildman–Crippen MR) is 171 cm³/mol. The Balaban J connectivity index is 1.80. The lowest BCUT2D eigenvalue weighted by Crippen LogP contribution is -2.35. The first-order valence-corrected chi connectivity index (χ1v) is 16.1. The van der Waals surface area contributed by atoms with Crippen molar-refractivity contribution in [3.8, 4) is 0 Å². The summed E-state index contributed by atoms with van der Waals surface area (Å²) in [6, 6.07) is 54.9. The Morgan fingerprint density at radius 1 is 0.475 bits per heavy atom. The van der Waals surface area contributed by atoms with Gasteiger partial charge in [-0.05, 0) is 24.3 Å². The number of nitrogens with zero attached hydrogens (tertiary/aromatic N) is 4. The van der Waals surface area contributed by atoms with E-state index < -0.39 is 15.3 Å². The highest BCUT2D eigenvalue weighted by atomic mass is 31.2. The van der Waals surface area contributed by atoms with Gasteiger partial charge in [0.2, 0.25) is 0 Å². The van der Waals surface area contributed by atoms with Crippen LogP contribution in [0.3, 0.4) is 0 Å². The summed E-state index contributed by atoms with van der Waals surface area (Å²) in [6.07, 6.45) is 3.68. The molecule has 0 N–H and O–H groups in total. The molecular weight excluding hydrogens is 526 g/mol. The molecule has 0 bridgehead atoms. The highest BCUT2D eigenvalue weighted by molar-refractivity contribution is 7.95. The topological polar surface area (TPSA) is 41.4 Å². The van der Waals surface area contributed by atoms with Crippen LogP contribution in [0, 0.1) is 0 Å². The van der Waals surface area contributed by atoms with Gasteiger partial charge in [0.25, 0.3) is 0 Å². The second-order valence-electron chi connectivity index (χ2n) is 9.02. The maximum Gasteiger partial charge on any atom is 0.153 e. The monoisotopic (exact) mass is 554 g/mol. The molecular formula is C34H28N4P2. The largest absolute Gasteiger partial charge is 0.285 e. The van der Waals surface area contributed by atoms with Crippen molar-refractivity contribution in [3.05, 3.63) is 170 Å². The highest BCUT2D eigenvalue weighted by Gasteiger charge is 2.40. The second kappa shape index (κ2) is 12.2. The van der Waals surface area contributed by atoms with Crippen LogP contribution in [0.2, 0.25) is 0 Å². The standard InChI is InChI=1S/C34H28N4P2/c1-5-17-29(18-6-1)39(30-19-7-2-8-20-30)38(34-26-14-16-28-36-34)40(31-21-9-3-10-22-31,32-23-11-4-12-24-32)37-33-25-13-15-27-35-33/h1-28H. The van der Waals surface area contributed by atoms with Crippen molar-refractivity contribution in [2.75, 3.05) is 4.44 Å². The van der Waals surface area contributed by atoms with Gasteiger partial charge in [-0.15, -0.1) is 0 Å². The van der Waals surface area contributed by atoms with E-state index >= 15 is 0 Å². The lowest BCUT2D eigenvalue weighted by Gasteiger charge is -2.43. The molecule has 0 unspecified atom stereocenters. The van der Waals surface area contributed by atoms with E-state index in [-0.39, 0.29) is 0 Å². The smallest absolute Gasteiger partial charge is 0.153 e. The van der Waals surface area contributed by atoms with E-state index in [1.54, 1.807) is 0 Å². The minimum atomic E-state index is -2.78. The molecule has 0 saturated heterocycles. The van der Waals surface area contributed by atoms with Crippen molar-refractivity contribution in [3.63, 3.8) is 0 Å². The van der Waals surface area contributed by atoms with Crippen molar-refractivity contribution in [2.24, 2.45) is 4.74 Å². The summed E-state index contributed by atoms with van der Waals surface area (Å²) in [4.78, 5) is 9.72. The van der Waals surface area contributed by atoms with Crippen LogP contribution in [0.1, 0.15) is 0 Å². The Bertz CT molecular complexity index is 1600. The first-order valence-electron chi connectivity index (χ1n) is 13.1. The van der Waals surface area contributed by atoms with Gasteiger partial charge in [0.1, 0.15) is 13.0 Å². The van der Waals surface area contributed by atoms with E-state index in [9.17, 15) is 0 Å². The number of hydrogen-bond donors (Lipinski definition) is 0. The highest BCUT2D eigenvalue weighted by Crippen LogP contribution is 2.64. The minimum absolute atomic E-state index is 0.695. The molecule has 40 heavy (non-hydrogen) atoms. The first kappa shape index (κ1) is 25.9. The summed E-state index contributed by atoms with van der Waals surface area (Å²) in [5.74, 6) is 1.57. The lowest BCUT2D eigenvalue weighted by atomic mass is 10.4. The zero-order chi connectivity index (χ0) is 27.0. The van der Waals surface area contributed by atoms with Crippen LogP contribution in [0.25, 0.3) is 0 Å². The van der Waals surface area contributed by atoms with E-state index in [4.69, 9.17) is 14.7 Å². The van der Waals surface area contributed by atoms with Crippen molar-refractivity contribution in [2.45, 2.75) is 0 Å². The predicted octanol–water partition coefficient (Wildman–Crippen LogP) is 7.43. The van der Waals surface area contributed by atoms with Gasteiger partial charge in [-0.25, -0.2) is 14.7 Å². The quantitative estimate of drug-likeness (QED) is 0.184. The Morgan fingerprint density at radius 2 is 0.925 bits per heavy atom. The molecule has 2 aromatic heterocycles. The van der Waals surface area contributed by atoms with Crippen LogP contribution in [0.5, 0.6) is 0 Å². The SMILES string of the molecule is c1ccc(P(c2ccccc2)N(c2ccccn2)P(=Nc2ccccn2)(c2ccccc2)c2ccccc2)cc1. The molecule has 0 saturated carbocycles. The summed E-state index contributed by atoms with van der Waals surface area (Å²) in [7, 11) is -3.90. The van der Waals surface area contributed by atoms with Crippen LogP contribution >= 0.6 is 15.3 Å². The third-order valence-electron chi connectivity index (χ3n) is 6.45. The van der Waals surface area contributed by atoms with Gasteiger partial charge in [-0.2, -0.15) is 0 Å². The molecule has 6 aromatic rings. The fraction of sp³-hybridized carbons (Fsp3) is 0. The molecule has 6 heteroatoms. The first-order chi connectivity index (χ1) is 19.9. The molecule has 4 nitrogen and oxygen atoms in total. The van der Waals surface area contributed by atoms with E-state index in [1.165, 1.54) is 10.6 Å². The third kappa shape index (κ3) is 5.25. The summed E-state index contributed by atoms with van der Waals surface area (Å²) in [6.45, 7) is 0. The molecule has 2 heterocycles. The van der Waals surface area contributed by atoms with Gasteiger partial charge in [0, 0.05) is 33.6 Å². The number of pyridine rings is 2. The molecule has 0 aliphatic carbocycles. The number of anilines is 1. The van der Waals surface area contributed by atoms with Crippen molar-refractivity contribution in [1.82, 2.24) is 9.97 Å². The van der Waals surface area contributed by atoms with Crippen LogP contribution in [-0.2, 0) is 0 Å². The minimum Gasteiger partial charge on any atom is -0.285 e. The van der Waals surface area contributed by atoms with Crippen molar-refractivity contribution in [1.29, 1.82) is 0 Å². The van der Waals surface area contributed by atoms with Crippen LogP contribution in [-0.4, -0.2) is 9.97 Å². The molecule has 0 aliphatic rings. The molecule has 0 spiro atoms. The number of rotatable bonds is 8. The summed E-state index contributed by atoms with van der Waals surface area (Å²) < 4.78 is 8.20. The van der Waals surface area contributed by atoms with E-state index in [0.29, 0.717) is 5.82 Å². The van der Waals surface area contributed by atoms with Crippen LogP contribution < -0.4 is 25.7 Å². The van der Waals surface area contributed by atoms with Gasteiger partial charge in [-0.1, -0.05) is 133 Å². The van der Waals surface area contributed by atoms with Gasteiger partial charge in [-0.3, -0.25) is 4.44 Å². The number of aromatic nitrogens is 2. The van der Waals surface area contributed by atoms with Crippen LogP contribution in [0.15, 0.2) is 175 Å². The fourth-order valence-corrected chi connectivity index (χ4v) is 12.1. The zero-order valence-corrected chi connectivity index (χ0v) is 23.6. The van der Waals surface area contributed by atoms with Gasteiger partial charge in [0.05, 0.1) is 8.07 Å². The summed E-state index contributed by atoms with van der Waals surface area (Å²) in [5, 5.41) is 4.72. The molecule has 0 fully saturated rings. The molecule has 0 amide bonds. The van der Waals surface area contributed by atoms with Crippen LogP contribution in [0.4, 0.5) is 11.6 Å². The molecule has 0 atom stereocenters. The fourth-order valence-electron chi connectivity index (χ4n) is 4.72. The molecule has 4 aromatic carbocycles. The van der Waals surface area contributed by atoms with Gasteiger partial charge < -0.3 is 0 Å². The Kier molecular flexibility index (Phi) is 7.91. The molecule has 0 aliphatic heterocycles. The van der Waals surface area contributed by atoms with E-state index in [1.807, 2.05) is 36.7 Å². The molecule has 6 rings (SSSR count). The number of hydrogen-bond acceptors (Lipinski definition) is 3. The molecule has 0 radical (unpaired) electrons. The zero-order valence-electron chi connectivity index (χ0n) is 21.8. The van der Waals surface area contributed by atoms with Gasteiger partial charge in [0.15, 0.2) is 5.82 Å². The van der Waals surface area contributed by atoms with E-state index in [0.717, 1.165) is 16.4 Å². The van der Waals surface area contributed by atoms with Gasteiger partial charge >= 0.3 is 0 Å². The average Bonchev–Trinajstić information content (AvgIpc) is 3.05. The normalized spacial score (nSPS) is 11.2. The Labute approximate surface area is 237 Å². The number of benzene rings is 4. The maximum atomic E-state index is 5.68. The van der Waals surface area contributed by atoms with Crippen molar-refractivity contribution >= 4 is 48.1 Å². The second-order valence-corrected chi connectivity index (χ2v) is 14.2. The summed E-state index contributed by atoms with van der Waals surface area (Å²) in [5.41, 5.74) is 0. The molecule has 194 valence electrons. The summed E-state index contributed by atoms with van der Waals surface area (Å²) >= 11 is 0. The van der Waals surface area contributed by atoms with E-state index in [2.05, 4.69) is 138 Å². The maximum absolute atomic E-state index is 5.68. The van der Waals surface area contributed by atoms with Crippen molar-refractivity contribution < 1.29 is 0 Å². The average molecular weight is 555 g/mol.